The summed E-state index contributed by atoms with van der Waals surface area (Å²) in [5.74, 6) is -0.193. The Kier molecular flexibility index (Phi) is 11.5. The first-order chi connectivity index (χ1) is 16.3. The fraction of sp³-hybridized carbons (Fsp3) is 0.759. The number of rotatable bonds is 13. The molecule has 0 N–H and O–H groups in total. The maximum atomic E-state index is 12.0. The summed E-state index contributed by atoms with van der Waals surface area (Å²) in [4.78, 5) is 12.0. The van der Waals surface area contributed by atoms with Crippen molar-refractivity contribution in [3.8, 4) is 0 Å². The summed E-state index contributed by atoms with van der Waals surface area (Å²) in [6.07, 6.45) is 6.25. The number of benzene rings is 1. The molecule has 0 saturated carbocycles. The number of ether oxygens (including phenoxy) is 3. The van der Waals surface area contributed by atoms with Crippen LogP contribution in [-0.4, -0.2) is 40.4 Å². The van der Waals surface area contributed by atoms with Crippen LogP contribution in [0.25, 0.3) is 0 Å². The van der Waals surface area contributed by atoms with Crippen molar-refractivity contribution < 1.29 is 23.4 Å². The average Bonchev–Trinajstić information content (AvgIpc) is 2.77. The lowest BCUT2D eigenvalue weighted by Crippen LogP contribution is -2.43. The quantitative estimate of drug-likeness (QED) is 0.204. The van der Waals surface area contributed by atoms with Crippen molar-refractivity contribution in [3.63, 3.8) is 0 Å². The highest BCUT2D eigenvalue weighted by Gasteiger charge is 2.38. The van der Waals surface area contributed by atoms with Crippen LogP contribution in [0, 0.1) is 5.41 Å². The lowest BCUT2D eigenvalue weighted by atomic mass is 9.87. The van der Waals surface area contributed by atoms with Crippen molar-refractivity contribution in [3.05, 3.63) is 35.4 Å². The van der Waals surface area contributed by atoms with Crippen LogP contribution in [0.3, 0.4) is 0 Å². The van der Waals surface area contributed by atoms with Crippen LogP contribution in [0.2, 0.25) is 18.1 Å². The molecule has 0 amide bonds. The van der Waals surface area contributed by atoms with Gasteiger partial charge >= 0.3 is 5.97 Å². The molecule has 1 heterocycles. The Morgan fingerprint density at radius 3 is 2.54 bits per heavy atom. The predicted molar refractivity (Wildman–Crippen MR) is 145 cm³/mol. The van der Waals surface area contributed by atoms with Crippen molar-refractivity contribution in [2.24, 2.45) is 5.41 Å². The number of hydrogen-bond acceptors (Lipinski definition) is 5. The summed E-state index contributed by atoms with van der Waals surface area (Å²) in [6.45, 7) is 19.9. The monoisotopic (exact) mass is 506 g/mol. The molecule has 1 aromatic carbocycles. The van der Waals surface area contributed by atoms with Crippen molar-refractivity contribution in [2.45, 2.75) is 117 Å². The second kappa shape index (κ2) is 13.4. The van der Waals surface area contributed by atoms with Gasteiger partial charge in [-0.15, -0.1) is 0 Å². The van der Waals surface area contributed by atoms with Crippen LogP contribution < -0.4 is 0 Å². The summed E-state index contributed by atoms with van der Waals surface area (Å²) in [7, 11) is -1.76. The van der Waals surface area contributed by atoms with Crippen LogP contribution in [0.5, 0.6) is 0 Å². The predicted octanol–water partition coefficient (Wildman–Crippen LogP) is 7.59. The molecule has 5 nitrogen and oxygen atoms in total. The molecule has 1 aromatic rings. The SMILES string of the molecule is CCOC(=O)Cc1cccc(C(CCCC(C)(C)CO[Si](C)(C)C(C)(C)C)OC2CCCCO2)c1. The molecule has 0 radical (unpaired) electrons. The van der Waals surface area contributed by atoms with Gasteiger partial charge in [-0.3, -0.25) is 4.79 Å². The molecule has 2 rings (SSSR count). The molecule has 0 spiro atoms. The van der Waals surface area contributed by atoms with E-state index in [-0.39, 0.29) is 35.2 Å². The van der Waals surface area contributed by atoms with Gasteiger partial charge in [-0.1, -0.05) is 58.9 Å². The first-order valence-electron chi connectivity index (χ1n) is 13.5. The minimum atomic E-state index is -1.76. The van der Waals surface area contributed by atoms with Crippen molar-refractivity contribution in [1.29, 1.82) is 0 Å². The molecule has 0 bridgehead atoms. The van der Waals surface area contributed by atoms with Gasteiger partial charge in [0.1, 0.15) is 0 Å². The molecule has 200 valence electrons. The van der Waals surface area contributed by atoms with Gasteiger partial charge in [0.05, 0.1) is 19.1 Å². The molecular formula is C29H50O5Si. The fourth-order valence-electron chi connectivity index (χ4n) is 4.03. The first kappa shape index (κ1) is 30.0. The summed E-state index contributed by atoms with van der Waals surface area (Å²) >= 11 is 0. The third-order valence-corrected chi connectivity index (χ3v) is 11.9. The number of carbonyl (C=O) groups excluding carboxylic acids is 1. The molecule has 1 fully saturated rings. The van der Waals surface area contributed by atoms with E-state index in [2.05, 4.69) is 59.8 Å². The Morgan fingerprint density at radius 1 is 1.17 bits per heavy atom. The highest BCUT2D eigenvalue weighted by Crippen LogP contribution is 2.39. The Bertz CT molecular complexity index is 778. The second-order valence-electron chi connectivity index (χ2n) is 12.3. The van der Waals surface area contributed by atoms with Crippen LogP contribution in [0.15, 0.2) is 24.3 Å². The topological polar surface area (TPSA) is 54.0 Å². The van der Waals surface area contributed by atoms with Gasteiger partial charge in [0.25, 0.3) is 0 Å². The minimum absolute atomic E-state index is 0.0580. The average molecular weight is 507 g/mol. The Morgan fingerprint density at radius 2 is 1.91 bits per heavy atom. The summed E-state index contributed by atoms with van der Waals surface area (Å²) in [5, 5.41) is 0.219. The molecule has 0 aromatic heterocycles. The second-order valence-corrected chi connectivity index (χ2v) is 17.1. The number of hydrogen-bond donors (Lipinski definition) is 0. The third kappa shape index (κ3) is 10.4. The van der Waals surface area contributed by atoms with Crippen LogP contribution in [0.4, 0.5) is 0 Å². The molecule has 6 heteroatoms. The summed E-state index contributed by atoms with van der Waals surface area (Å²) < 4.78 is 24.1. The maximum absolute atomic E-state index is 12.0. The zero-order valence-corrected chi connectivity index (χ0v) is 24.6. The highest BCUT2D eigenvalue weighted by molar-refractivity contribution is 6.74. The largest absolute Gasteiger partial charge is 0.466 e. The van der Waals surface area contributed by atoms with Gasteiger partial charge in [0, 0.05) is 13.2 Å². The Balaban J connectivity index is 2.03. The standard InChI is InChI=1S/C29H50O5Si/c1-9-31-26(30)21-23-14-12-15-24(20-23)25(34-27-17-10-11-19-32-27)16-13-18-29(5,6)22-33-35(7,8)28(2,3)4/h12,14-15,20,25,27H,9-11,13,16-19,21-22H2,1-8H3. The van der Waals surface area contributed by atoms with E-state index >= 15 is 0 Å². The minimum Gasteiger partial charge on any atom is -0.466 e. The van der Waals surface area contributed by atoms with E-state index < -0.39 is 8.32 Å². The first-order valence-corrected chi connectivity index (χ1v) is 16.4. The highest BCUT2D eigenvalue weighted by atomic mass is 28.4. The number of carbonyl (C=O) groups is 1. The molecule has 1 aliphatic heterocycles. The van der Waals surface area contributed by atoms with Gasteiger partial charge in [0.2, 0.25) is 0 Å². The van der Waals surface area contributed by atoms with Crippen molar-refractivity contribution >= 4 is 14.3 Å². The van der Waals surface area contributed by atoms with E-state index in [1.54, 1.807) is 0 Å². The van der Waals surface area contributed by atoms with E-state index in [0.29, 0.717) is 6.61 Å². The molecule has 2 atom stereocenters. The lowest BCUT2D eigenvalue weighted by molar-refractivity contribution is -0.191. The Labute approximate surface area is 215 Å². The Hall–Kier alpha value is -1.21. The van der Waals surface area contributed by atoms with Gasteiger partial charge in [-0.05, 0) is 80.1 Å². The summed E-state index contributed by atoms with van der Waals surface area (Å²) in [6, 6.07) is 8.19. The van der Waals surface area contributed by atoms with E-state index in [1.807, 2.05) is 19.1 Å². The maximum Gasteiger partial charge on any atom is 0.310 e. The smallest absolute Gasteiger partial charge is 0.310 e. The molecular weight excluding hydrogens is 456 g/mol. The summed E-state index contributed by atoms with van der Waals surface area (Å²) in [5.41, 5.74) is 2.17. The molecule has 1 aliphatic rings. The van der Waals surface area contributed by atoms with Gasteiger partial charge in [-0.2, -0.15) is 0 Å². The third-order valence-electron chi connectivity index (χ3n) is 7.38. The zero-order chi connectivity index (χ0) is 26.1. The number of esters is 1. The van der Waals surface area contributed by atoms with Crippen LogP contribution in [-0.2, 0) is 29.9 Å². The van der Waals surface area contributed by atoms with Crippen molar-refractivity contribution in [2.75, 3.05) is 19.8 Å². The van der Waals surface area contributed by atoms with Gasteiger partial charge in [0.15, 0.2) is 14.6 Å². The van der Waals surface area contributed by atoms with Gasteiger partial charge < -0.3 is 18.6 Å². The van der Waals surface area contributed by atoms with E-state index in [9.17, 15) is 4.79 Å². The lowest BCUT2D eigenvalue weighted by Gasteiger charge is -2.39. The molecule has 2 unspecified atom stereocenters. The van der Waals surface area contributed by atoms with Gasteiger partial charge in [-0.25, -0.2) is 0 Å². The van der Waals surface area contributed by atoms with Crippen LogP contribution in [0.1, 0.15) is 97.3 Å². The molecule has 0 aliphatic carbocycles. The van der Waals surface area contributed by atoms with Crippen LogP contribution >= 0.6 is 0 Å². The normalized spacial score (nSPS) is 18.3. The van der Waals surface area contributed by atoms with Crippen molar-refractivity contribution in [1.82, 2.24) is 0 Å². The van der Waals surface area contributed by atoms with E-state index in [4.69, 9.17) is 18.6 Å². The fourth-order valence-corrected chi connectivity index (χ4v) is 5.21. The zero-order valence-electron chi connectivity index (χ0n) is 23.6. The van der Waals surface area contributed by atoms with E-state index in [0.717, 1.165) is 62.9 Å². The molecule has 1 saturated heterocycles. The molecule has 35 heavy (non-hydrogen) atoms. The van der Waals surface area contributed by atoms with E-state index in [1.165, 1.54) is 0 Å².